The fourth-order valence-electron chi connectivity index (χ4n) is 2.08. The first kappa shape index (κ1) is 14.5. The highest BCUT2D eigenvalue weighted by molar-refractivity contribution is 5.74. The molecule has 1 saturated heterocycles. The number of phenols is 1. The number of hydrogen-bond donors (Lipinski definition) is 2. The van der Waals surface area contributed by atoms with Crippen LogP contribution >= 0.6 is 0 Å². The van der Waals surface area contributed by atoms with Crippen LogP contribution < -0.4 is 10.1 Å². The minimum Gasteiger partial charge on any atom is -0.504 e. The summed E-state index contributed by atoms with van der Waals surface area (Å²) in [5.74, 6) is 0.493. The Morgan fingerprint density at radius 2 is 2.30 bits per heavy atom. The largest absolute Gasteiger partial charge is 0.504 e. The normalized spacial score (nSPS) is 15.6. The number of carbonyl (C=O) groups excluding carboxylic acids is 1. The summed E-state index contributed by atoms with van der Waals surface area (Å²) < 4.78 is 10.3. The molecule has 1 aliphatic heterocycles. The van der Waals surface area contributed by atoms with Crippen LogP contribution in [0.1, 0.15) is 12.0 Å². The summed E-state index contributed by atoms with van der Waals surface area (Å²) in [6, 6.07) is 4.97. The van der Waals surface area contributed by atoms with E-state index in [1.165, 1.54) is 7.11 Å². The van der Waals surface area contributed by atoms with Gasteiger partial charge < -0.3 is 24.8 Å². The Kier molecular flexibility index (Phi) is 5.06. The SMILES string of the molecule is COc1ccc(CNC(=O)N2CCCOCC2)cc1O. The van der Waals surface area contributed by atoms with Gasteiger partial charge in [-0.2, -0.15) is 0 Å². The Labute approximate surface area is 118 Å². The van der Waals surface area contributed by atoms with Gasteiger partial charge in [0, 0.05) is 26.2 Å². The molecule has 2 amide bonds. The van der Waals surface area contributed by atoms with Gasteiger partial charge in [0.2, 0.25) is 0 Å². The predicted molar refractivity (Wildman–Crippen MR) is 73.9 cm³/mol. The Morgan fingerprint density at radius 3 is 3.05 bits per heavy atom. The van der Waals surface area contributed by atoms with E-state index in [0.717, 1.165) is 12.0 Å². The van der Waals surface area contributed by atoms with E-state index in [4.69, 9.17) is 9.47 Å². The van der Waals surface area contributed by atoms with Crippen LogP contribution in [-0.2, 0) is 11.3 Å². The molecule has 6 nitrogen and oxygen atoms in total. The van der Waals surface area contributed by atoms with E-state index >= 15 is 0 Å². The van der Waals surface area contributed by atoms with Gasteiger partial charge in [0.15, 0.2) is 11.5 Å². The van der Waals surface area contributed by atoms with Gasteiger partial charge in [-0.25, -0.2) is 4.79 Å². The van der Waals surface area contributed by atoms with Crippen molar-refractivity contribution in [2.45, 2.75) is 13.0 Å². The highest BCUT2D eigenvalue weighted by atomic mass is 16.5. The lowest BCUT2D eigenvalue weighted by Crippen LogP contribution is -2.40. The van der Waals surface area contributed by atoms with Crippen LogP contribution in [0.3, 0.4) is 0 Å². The minimum absolute atomic E-state index is 0.0717. The van der Waals surface area contributed by atoms with Gasteiger partial charge in [0.1, 0.15) is 0 Å². The molecule has 0 atom stereocenters. The maximum Gasteiger partial charge on any atom is 0.317 e. The summed E-state index contributed by atoms with van der Waals surface area (Å²) in [5, 5.41) is 12.5. The Balaban J connectivity index is 1.87. The molecular formula is C14H20N2O4. The van der Waals surface area contributed by atoms with E-state index < -0.39 is 0 Å². The van der Waals surface area contributed by atoms with Gasteiger partial charge in [0.25, 0.3) is 0 Å². The first-order valence-electron chi connectivity index (χ1n) is 6.67. The minimum atomic E-state index is -0.106. The number of amides is 2. The number of rotatable bonds is 3. The van der Waals surface area contributed by atoms with Crippen LogP contribution in [0.5, 0.6) is 11.5 Å². The lowest BCUT2D eigenvalue weighted by Gasteiger charge is -2.20. The summed E-state index contributed by atoms with van der Waals surface area (Å²) in [4.78, 5) is 13.8. The van der Waals surface area contributed by atoms with Crippen LogP contribution in [0.2, 0.25) is 0 Å². The number of hydrogen-bond acceptors (Lipinski definition) is 4. The molecule has 1 aromatic carbocycles. The summed E-state index contributed by atoms with van der Waals surface area (Å²) in [7, 11) is 1.50. The quantitative estimate of drug-likeness (QED) is 0.876. The van der Waals surface area contributed by atoms with Gasteiger partial charge in [0.05, 0.1) is 13.7 Å². The van der Waals surface area contributed by atoms with Crippen molar-refractivity contribution in [2.24, 2.45) is 0 Å². The maximum atomic E-state index is 12.0. The highest BCUT2D eigenvalue weighted by Gasteiger charge is 2.15. The monoisotopic (exact) mass is 280 g/mol. The molecule has 1 aliphatic rings. The maximum absolute atomic E-state index is 12.0. The fourth-order valence-corrected chi connectivity index (χ4v) is 2.08. The molecule has 0 unspecified atom stereocenters. The van der Waals surface area contributed by atoms with Gasteiger partial charge in [-0.1, -0.05) is 6.07 Å². The van der Waals surface area contributed by atoms with Crippen molar-refractivity contribution in [1.29, 1.82) is 0 Å². The summed E-state index contributed by atoms with van der Waals surface area (Å²) in [6.45, 7) is 2.97. The topological polar surface area (TPSA) is 71.0 Å². The second-order valence-electron chi connectivity index (χ2n) is 4.62. The number of carbonyl (C=O) groups is 1. The molecule has 0 spiro atoms. The molecule has 20 heavy (non-hydrogen) atoms. The average Bonchev–Trinajstić information content (AvgIpc) is 2.74. The van der Waals surface area contributed by atoms with E-state index in [1.54, 1.807) is 17.0 Å². The molecule has 1 heterocycles. The zero-order chi connectivity index (χ0) is 14.4. The van der Waals surface area contributed by atoms with Crippen molar-refractivity contribution in [3.8, 4) is 11.5 Å². The van der Waals surface area contributed by atoms with E-state index in [2.05, 4.69) is 5.32 Å². The van der Waals surface area contributed by atoms with Gasteiger partial charge in [-0.3, -0.25) is 0 Å². The van der Waals surface area contributed by atoms with Crippen LogP contribution in [-0.4, -0.2) is 49.5 Å². The summed E-state index contributed by atoms with van der Waals surface area (Å²) >= 11 is 0. The van der Waals surface area contributed by atoms with E-state index in [9.17, 15) is 9.90 Å². The molecule has 110 valence electrons. The van der Waals surface area contributed by atoms with Crippen molar-refractivity contribution in [2.75, 3.05) is 33.4 Å². The van der Waals surface area contributed by atoms with Crippen LogP contribution in [0.25, 0.3) is 0 Å². The third-order valence-corrected chi connectivity index (χ3v) is 3.20. The lowest BCUT2D eigenvalue weighted by molar-refractivity contribution is 0.142. The standard InChI is InChI=1S/C14H20N2O4/c1-19-13-4-3-11(9-12(13)17)10-15-14(18)16-5-2-7-20-8-6-16/h3-4,9,17H,2,5-8,10H2,1H3,(H,15,18). The lowest BCUT2D eigenvalue weighted by atomic mass is 10.2. The first-order chi connectivity index (χ1) is 9.70. The smallest absolute Gasteiger partial charge is 0.317 e. The number of aromatic hydroxyl groups is 1. The van der Waals surface area contributed by atoms with Crippen LogP contribution in [0, 0.1) is 0 Å². The summed E-state index contributed by atoms with van der Waals surface area (Å²) in [5.41, 5.74) is 0.822. The molecule has 0 saturated carbocycles. The number of nitrogens with one attached hydrogen (secondary N) is 1. The average molecular weight is 280 g/mol. The van der Waals surface area contributed by atoms with Crippen molar-refractivity contribution >= 4 is 6.03 Å². The van der Waals surface area contributed by atoms with E-state index in [1.807, 2.05) is 6.07 Å². The Hall–Kier alpha value is -1.95. The molecule has 0 aliphatic carbocycles. The summed E-state index contributed by atoms with van der Waals surface area (Å²) in [6.07, 6.45) is 0.858. The van der Waals surface area contributed by atoms with E-state index in [0.29, 0.717) is 38.6 Å². The number of methoxy groups -OCH3 is 1. The molecule has 2 N–H and O–H groups in total. The molecule has 0 bridgehead atoms. The molecule has 2 rings (SSSR count). The van der Waals surface area contributed by atoms with Crippen LogP contribution in [0.4, 0.5) is 4.79 Å². The number of phenolic OH excluding ortho intramolecular Hbond substituents is 1. The predicted octanol–water partition coefficient (Wildman–Crippen LogP) is 1.33. The number of benzene rings is 1. The van der Waals surface area contributed by atoms with E-state index in [-0.39, 0.29) is 11.8 Å². The zero-order valence-corrected chi connectivity index (χ0v) is 11.6. The third-order valence-electron chi connectivity index (χ3n) is 3.20. The van der Waals surface area contributed by atoms with Gasteiger partial charge >= 0.3 is 6.03 Å². The fraction of sp³-hybridized carbons (Fsp3) is 0.500. The molecule has 0 aromatic heterocycles. The van der Waals surface area contributed by atoms with Crippen LogP contribution in [0.15, 0.2) is 18.2 Å². The Bertz CT molecular complexity index is 456. The number of nitrogens with zero attached hydrogens (tertiary/aromatic N) is 1. The van der Waals surface area contributed by atoms with Crippen molar-refractivity contribution in [1.82, 2.24) is 10.2 Å². The third kappa shape index (κ3) is 3.77. The zero-order valence-electron chi connectivity index (χ0n) is 11.6. The second-order valence-corrected chi connectivity index (χ2v) is 4.62. The molecule has 1 aromatic rings. The first-order valence-corrected chi connectivity index (χ1v) is 6.67. The Morgan fingerprint density at radius 1 is 1.45 bits per heavy atom. The molecular weight excluding hydrogens is 260 g/mol. The molecule has 6 heteroatoms. The van der Waals surface area contributed by atoms with Gasteiger partial charge in [-0.05, 0) is 24.1 Å². The van der Waals surface area contributed by atoms with Gasteiger partial charge in [-0.15, -0.1) is 0 Å². The van der Waals surface area contributed by atoms with Crippen molar-refractivity contribution < 1.29 is 19.4 Å². The number of ether oxygens (including phenoxy) is 2. The van der Waals surface area contributed by atoms with Crippen molar-refractivity contribution in [3.63, 3.8) is 0 Å². The highest BCUT2D eigenvalue weighted by Crippen LogP contribution is 2.26. The van der Waals surface area contributed by atoms with Crippen molar-refractivity contribution in [3.05, 3.63) is 23.8 Å². The molecule has 1 fully saturated rings. The number of urea groups is 1. The second kappa shape index (κ2) is 7.00. The molecule has 0 radical (unpaired) electrons.